The maximum atomic E-state index is 13.3. The molecule has 2 heterocycles. The predicted octanol–water partition coefficient (Wildman–Crippen LogP) is 3.86. The number of carbonyl (C=O) groups excluding carboxylic acids is 1. The topological polar surface area (TPSA) is 79.0 Å². The van der Waals surface area contributed by atoms with E-state index in [0.717, 1.165) is 28.5 Å². The molecule has 0 bridgehead atoms. The highest BCUT2D eigenvalue weighted by molar-refractivity contribution is 5.92. The van der Waals surface area contributed by atoms with Gasteiger partial charge < -0.3 is 9.88 Å². The molecule has 0 aliphatic heterocycles. The standard InChI is InChI=1S/C24H21FN4O2/c1-2-16-5-8-21-18(11-16)12-19(23(30)28-21)15-29(14-17-3-6-20(25)7-4-17)24(31)22-13-26-9-10-27-22/h3-13H,2,14-15H2,1H3,(H,28,30). The molecule has 0 saturated carbocycles. The van der Waals surface area contributed by atoms with Crippen LogP contribution in [0.3, 0.4) is 0 Å². The first kappa shape index (κ1) is 20.4. The lowest BCUT2D eigenvalue weighted by molar-refractivity contribution is 0.0723. The van der Waals surface area contributed by atoms with E-state index < -0.39 is 0 Å². The number of aryl methyl sites for hydroxylation is 1. The molecule has 0 radical (unpaired) electrons. The van der Waals surface area contributed by atoms with E-state index in [2.05, 4.69) is 21.9 Å². The minimum Gasteiger partial charge on any atom is -0.328 e. The van der Waals surface area contributed by atoms with E-state index in [1.54, 1.807) is 12.1 Å². The van der Waals surface area contributed by atoms with Crippen LogP contribution in [0, 0.1) is 5.82 Å². The van der Waals surface area contributed by atoms with Crippen molar-refractivity contribution in [3.63, 3.8) is 0 Å². The number of fused-ring (bicyclic) bond motifs is 1. The Labute approximate surface area is 178 Å². The van der Waals surface area contributed by atoms with Gasteiger partial charge in [-0.05, 0) is 53.3 Å². The monoisotopic (exact) mass is 416 g/mol. The number of benzene rings is 2. The molecule has 156 valence electrons. The normalized spacial score (nSPS) is 10.9. The van der Waals surface area contributed by atoms with Crippen LogP contribution in [0.2, 0.25) is 0 Å². The number of aromatic nitrogens is 3. The van der Waals surface area contributed by atoms with Crippen LogP contribution in [0.25, 0.3) is 10.9 Å². The van der Waals surface area contributed by atoms with Crippen molar-refractivity contribution in [1.82, 2.24) is 19.9 Å². The fourth-order valence-corrected chi connectivity index (χ4v) is 3.43. The van der Waals surface area contributed by atoms with E-state index in [1.165, 1.54) is 35.6 Å². The highest BCUT2D eigenvalue weighted by Gasteiger charge is 2.20. The van der Waals surface area contributed by atoms with Crippen LogP contribution in [-0.2, 0) is 19.5 Å². The van der Waals surface area contributed by atoms with Gasteiger partial charge in [-0.2, -0.15) is 0 Å². The second-order valence-corrected chi connectivity index (χ2v) is 7.28. The van der Waals surface area contributed by atoms with E-state index in [9.17, 15) is 14.0 Å². The summed E-state index contributed by atoms with van der Waals surface area (Å²) in [4.78, 5) is 38.3. The summed E-state index contributed by atoms with van der Waals surface area (Å²) in [6.45, 7) is 2.34. The fourth-order valence-electron chi connectivity index (χ4n) is 3.43. The molecule has 1 N–H and O–H groups in total. The molecule has 4 aromatic rings. The Kier molecular flexibility index (Phi) is 5.84. The highest BCUT2D eigenvalue weighted by Crippen LogP contribution is 2.17. The molecule has 7 heteroatoms. The molecular formula is C24H21FN4O2. The minimum absolute atomic E-state index is 0.0778. The summed E-state index contributed by atoms with van der Waals surface area (Å²) in [7, 11) is 0. The summed E-state index contributed by atoms with van der Waals surface area (Å²) in [5.74, 6) is -0.715. The Balaban J connectivity index is 1.71. The average molecular weight is 416 g/mol. The first-order chi connectivity index (χ1) is 15.0. The summed E-state index contributed by atoms with van der Waals surface area (Å²) in [5.41, 5.74) is 3.02. The summed E-state index contributed by atoms with van der Waals surface area (Å²) in [6, 6.07) is 13.6. The molecule has 0 saturated heterocycles. The number of hydrogen-bond acceptors (Lipinski definition) is 4. The largest absolute Gasteiger partial charge is 0.328 e. The van der Waals surface area contributed by atoms with Gasteiger partial charge in [0, 0.05) is 30.0 Å². The molecular weight excluding hydrogens is 395 g/mol. The molecule has 0 aliphatic carbocycles. The first-order valence-electron chi connectivity index (χ1n) is 9.98. The third-order valence-corrected chi connectivity index (χ3v) is 5.11. The summed E-state index contributed by atoms with van der Waals surface area (Å²) >= 11 is 0. The SMILES string of the molecule is CCc1ccc2[nH]c(=O)c(CN(Cc3ccc(F)cc3)C(=O)c3cnccn3)cc2c1. The van der Waals surface area contributed by atoms with Crippen molar-refractivity contribution in [2.24, 2.45) is 0 Å². The van der Waals surface area contributed by atoms with Crippen LogP contribution in [0.5, 0.6) is 0 Å². The smallest absolute Gasteiger partial charge is 0.274 e. The van der Waals surface area contributed by atoms with E-state index in [4.69, 9.17) is 0 Å². The number of aromatic amines is 1. The number of hydrogen-bond donors (Lipinski definition) is 1. The zero-order valence-electron chi connectivity index (χ0n) is 17.0. The number of pyridine rings is 1. The highest BCUT2D eigenvalue weighted by atomic mass is 19.1. The molecule has 4 rings (SSSR count). The second kappa shape index (κ2) is 8.87. The Morgan fingerprint density at radius 2 is 1.81 bits per heavy atom. The van der Waals surface area contributed by atoms with Gasteiger partial charge in [0.15, 0.2) is 0 Å². The number of nitrogens with zero attached hydrogens (tertiary/aromatic N) is 3. The summed E-state index contributed by atoms with van der Waals surface area (Å²) in [5, 5.41) is 0.905. The number of amides is 1. The van der Waals surface area contributed by atoms with E-state index >= 15 is 0 Å². The van der Waals surface area contributed by atoms with Gasteiger partial charge in [-0.25, -0.2) is 9.37 Å². The van der Waals surface area contributed by atoms with Gasteiger partial charge in [-0.3, -0.25) is 14.6 Å². The second-order valence-electron chi connectivity index (χ2n) is 7.28. The molecule has 0 aliphatic rings. The lowest BCUT2D eigenvalue weighted by Gasteiger charge is -2.22. The third kappa shape index (κ3) is 4.66. The Bertz CT molecular complexity index is 1270. The molecule has 0 spiro atoms. The number of carbonyl (C=O) groups is 1. The Morgan fingerprint density at radius 3 is 2.52 bits per heavy atom. The Hall–Kier alpha value is -3.87. The van der Waals surface area contributed by atoms with Crippen molar-refractivity contribution in [2.45, 2.75) is 26.4 Å². The van der Waals surface area contributed by atoms with Crippen LogP contribution < -0.4 is 5.56 Å². The number of rotatable bonds is 6. The molecule has 2 aromatic heterocycles. The molecule has 0 unspecified atom stereocenters. The van der Waals surface area contributed by atoms with Crippen molar-refractivity contribution in [1.29, 1.82) is 0 Å². The van der Waals surface area contributed by atoms with Gasteiger partial charge in [0.2, 0.25) is 0 Å². The number of nitrogens with one attached hydrogen (secondary N) is 1. The lowest BCUT2D eigenvalue weighted by Crippen LogP contribution is -2.33. The van der Waals surface area contributed by atoms with Gasteiger partial charge >= 0.3 is 0 Å². The molecule has 6 nitrogen and oxygen atoms in total. The molecule has 31 heavy (non-hydrogen) atoms. The van der Waals surface area contributed by atoms with E-state index in [1.807, 2.05) is 24.3 Å². The van der Waals surface area contributed by atoms with Crippen LogP contribution >= 0.6 is 0 Å². The quantitative estimate of drug-likeness (QED) is 0.518. The molecule has 0 fully saturated rings. The van der Waals surface area contributed by atoms with Crippen LogP contribution in [0.15, 0.2) is 71.9 Å². The van der Waals surface area contributed by atoms with E-state index in [0.29, 0.717) is 5.56 Å². The van der Waals surface area contributed by atoms with Gasteiger partial charge in [0.25, 0.3) is 11.5 Å². The van der Waals surface area contributed by atoms with Crippen LogP contribution in [0.4, 0.5) is 4.39 Å². The molecule has 0 atom stereocenters. The van der Waals surface area contributed by atoms with Crippen molar-refractivity contribution in [3.05, 3.63) is 106 Å². The van der Waals surface area contributed by atoms with Gasteiger partial charge in [-0.15, -0.1) is 0 Å². The Morgan fingerprint density at radius 1 is 1.03 bits per heavy atom. The maximum absolute atomic E-state index is 13.3. The van der Waals surface area contributed by atoms with Gasteiger partial charge in [0.1, 0.15) is 11.5 Å². The van der Waals surface area contributed by atoms with Crippen molar-refractivity contribution in [3.8, 4) is 0 Å². The lowest BCUT2D eigenvalue weighted by atomic mass is 10.1. The zero-order valence-corrected chi connectivity index (χ0v) is 17.0. The zero-order chi connectivity index (χ0) is 21.8. The third-order valence-electron chi connectivity index (χ3n) is 5.11. The van der Waals surface area contributed by atoms with Crippen LogP contribution in [0.1, 0.15) is 34.1 Å². The fraction of sp³-hybridized carbons (Fsp3) is 0.167. The van der Waals surface area contributed by atoms with Crippen molar-refractivity contribution in [2.75, 3.05) is 0 Å². The summed E-state index contributed by atoms with van der Waals surface area (Å²) in [6.07, 6.45) is 5.20. The minimum atomic E-state index is -0.362. The maximum Gasteiger partial charge on any atom is 0.274 e. The van der Waals surface area contributed by atoms with Gasteiger partial charge in [-0.1, -0.05) is 25.1 Å². The first-order valence-corrected chi connectivity index (χ1v) is 9.98. The van der Waals surface area contributed by atoms with Gasteiger partial charge in [0.05, 0.1) is 12.7 Å². The number of H-pyrrole nitrogens is 1. The average Bonchev–Trinajstić information content (AvgIpc) is 2.80. The molecule has 1 amide bonds. The predicted molar refractivity (Wildman–Crippen MR) is 116 cm³/mol. The summed E-state index contributed by atoms with van der Waals surface area (Å²) < 4.78 is 13.3. The van der Waals surface area contributed by atoms with Crippen molar-refractivity contribution < 1.29 is 9.18 Å². The number of halogens is 1. The van der Waals surface area contributed by atoms with Crippen LogP contribution in [-0.4, -0.2) is 25.8 Å². The molecule has 2 aromatic carbocycles. The van der Waals surface area contributed by atoms with E-state index in [-0.39, 0.29) is 36.1 Å². The van der Waals surface area contributed by atoms with Crippen molar-refractivity contribution >= 4 is 16.8 Å².